The molecule has 3 rings (SSSR count). The van der Waals surface area contributed by atoms with E-state index in [9.17, 15) is 27.6 Å². The van der Waals surface area contributed by atoms with Gasteiger partial charge in [-0.3, -0.25) is 14.4 Å². The standard InChI is InChI=1S/C26H22ClF3N4O4/c1-15-6-8-21(10-16(15)2)32-23(35)14-38-22-9-7-19(27)11-17(22)13-31-34-25(37)24(36)33-20-5-3-4-18(12-20)26(28,29)30/h3-13H,14H2,1-2H3,(H,32,35)(H,33,36)(H,34,37)/b31-13-. The van der Waals surface area contributed by atoms with Crippen molar-refractivity contribution in [2.45, 2.75) is 20.0 Å². The highest BCUT2D eigenvalue weighted by Crippen LogP contribution is 2.30. The summed E-state index contributed by atoms with van der Waals surface area (Å²) in [6.07, 6.45) is -3.47. The van der Waals surface area contributed by atoms with E-state index in [1.54, 1.807) is 6.07 Å². The molecule has 3 aromatic carbocycles. The van der Waals surface area contributed by atoms with E-state index in [0.29, 0.717) is 16.8 Å². The van der Waals surface area contributed by atoms with Crippen molar-refractivity contribution in [3.05, 3.63) is 87.9 Å². The zero-order chi connectivity index (χ0) is 27.9. The number of hydrogen-bond acceptors (Lipinski definition) is 5. The van der Waals surface area contributed by atoms with Gasteiger partial charge in [-0.2, -0.15) is 18.3 Å². The molecular weight excluding hydrogens is 525 g/mol. The molecule has 12 heteroatoms. The molecule has 0 unspecified atom stereocenters. The van der Waals surface area contributed by atoms with Crippen molar-refractivity contribution in [2.75, 3.05) is 17.2 Å². The largest absolute Gasteiger partial charge is 0.483 e. The molecule has 0 aliphatic rings. The van der Waals surface area contributed by atoms with Crippen LogP contribution in [0.25, 0.3) is 0 Å². The highest BCUT2D eigenvalue weighted by atomic mass is 35.5. The molecule has 3 aromatic rings. The number of nitrogens with one attached hydrogen (secondary N) is 3. The van der Waals surface area contributed by atoms with Gasteiger partial charge in [-0.25, -0.2) is 5.43 Å². The second-order valence-electron chi connectivity index (χ2n) is 8.05. The van der Waals surface area contributed by atoms with Crippen LogP contribution >= 0.6 is 11.6 Å². The monoisotopic (exact) mass is 546 g/mol. The number of halogens is 4. The van der Waals surface area contributed by atoms with Gasteiger partial charge in [0.1, 0.15) is 5.75 Å². The number of alkyl halides is 3. The van der Waals surface area contributed by atoms with E-state index in [-0.39, 0.29) is 23.6 Å². The summed E-state index contributed by atoms with van der Waals surface area (Å²) < 4.78 is 44.0. The van der Waals surface area contributed by atoms with E-state index < -0.39 is 29.5 Å². The van der Waals surface area contributed by atoms with E-state index in [1.807, 2.05) is 31.4 Å². The second kappa shape index (κ2) is 12.2. The summed E-state index contributed by atoms with van der Waals surface area (Å²) in [6, 6.07) is 13.8. The van der Waals surface area contributed by atoms with Crippen molar-refractivity contribution in [3.63, 3.8) is 0 Å². The Balaban J connectivity index is 1.58. The number of carbonyl (C=O) groups excluding carboxylic acids is 3. The van der Waals surface area contributed by atoms with Gasteiger partial charge in [-0.1, -0.05) is 23.7 Å². The third kappa shape index (κ3) is 8.07. The summed E-state index contributed by atoms with van der Waals surface area (Å²) in [7, 11) is 0. The van der Waals surface area contributed by atoms with E-state index in [2.05, 4.69) is 15.7 Å². The number of amides is 3. The Hall–Kier alpha value is -4.38. The Morgan fingerprint density at radius 2 is 1.66 bits per heavy atom. The molecule has 0 saturated heterocycles. The lowest BCUT2D eigenvalue weighted by atomic mass is 10.1. The molecule has 198 valence electrons. The number of rotatable bonds is 7. The normalized spacial score (nSPS) is 11.2. The van der Waals surface area contributed by atoms with Gasteiger partial charge in [0, 0.05) is 22.0 Å². The van der Waals surface area contributed by atoms with Crippen LogP contribution < -0.4 is 20.8 Å². The number of ether oxygens (including phenoxy) is 1. The molecule has 0 aliphatic heterocycles. The van der Waals surface area contributed by atoms with Gasteiger partial charge in [-0.15, -0.1) is 0 Å². The van der Waals surface area contributed by atoms with Crippen LogP contribution in [0.1, 0.15) is 22.3 Å². The van der Waals surface area contributed by atoms with Crippen molar-refractivity contribution in [1.29, 1.82) is 0 Å². The summed E-state index contributed by atoms with van der Waals surface area (Å²) in [5, 5.41) is 8.78. The lowest BCUT2D eigenvalue weighted by Gasteiger charge is -2.11. The third-order valence-corrected chi connectivity index (χ3v) is 5.38. The number of hydrazone groups is 1. The van der Waals surface area contributed by atoms with E-state index in [0.717, 1.165) is 29.5 Å². The highest BCUT2D eigenvalue weighted by molar-refractivity contribution is 6.39. The average Bonchev–Trinajstić information content (AvgIpc) is 2.85. The van der Waals surface area contributed by atoms with Crippen LogP contribution in [0.4, 0.5) is 24.5 Å². The average molecular weight is 547 g/mol. The quantitative estimate of drug-likeness (QED) is 0.218. The molecule has 0 radical (unpaired) electrons. The Morgan fingerprint density at radius 1 is 0.921 bits per heavy atom. The van der Waals surface area contributed by atoms with Gasteiger partial charge < -0.3 is 15.4 Å². The molecular formula is C26H22ClF3N4O4. The fourth-order valence-corrected chi connectivity index (χ4v) is 3.26. The van der Waals surface area contributed by atoms with Crippen molar-refractivity contribution in [1.82, 2.24) is 5.43 Å². The predicted octanol–water partition coefficient (Wildman–Crippen LogP) is 5.08. The molecule has 0 heterocycles. The van der Waals surface area contributed by atoms with Crippen LogP contribution in [-0.4, -0.2) is 30.5 Å². The van der Waals surface area contributed by atoms with Crippen molar-refractivity contribution in [2.24, 2.45) is 5.10 Å². The van der Waals surface area contributed by atoms with Gasteiger partial charge in [0.05, 0.1) is 11.8 Å². The number of aryl methyl sites for hydroxylation is 2. The molecule has 0 fully saturated rings. The van der Waals surface area contributed by atoms with Crippen molar-refractivity contribution in [3.8, 4) is 5.75 Å². The van der Waals surface area contributed by atoms with Gasteiger partial charge in [0.25, 0.3) is 5.91 Å². The van der Waals surface area contributed by atoms with Crippen LogP contribution in [0.2, 0.25) is 5.02 Å². The van der Waals surface area contributed by atoms with Gasteiger partial charge >= 0.3 is 18.0 Å². The minimum atomic E-state index is -4.61. The third-order valence-electron chi connectivity index (χ3n) is 5.14. The SMILES string of the molecule is Cc1ccc(NC(=O)COc2ccc(Cl)cc2/C=N\NC(=O)C(=O)Nc2cccc(C(F)(F)F)c2)cc1C. The molecule has 0 spiro atoms. The number of nitrogens with zero attached hydrogens (tertiary/aromatic N) is 1. The van der Waals surface area contributed by atoms with E-state index in [4.69, 9.17) is 16.3 Å². The summed E-state index contributed by atoms with van der Waals surface area (Å²) in [4.78, 5) is 36.4. The first-order valence-electron chi connectivity index (χ1n) is 11.0. The molecule has 3 N–H and O–H groups in total. The number of anilines is 2. The molecule has 8 nitrogen and oxygen atoms in total. The minimum Gasteiger partial charge on any atom is -0.483 e. The molecule has 0 aromatic heterocycles. The molecule has 0 atom stereocenters. The van der Waals surface area contributed by atoms with E-state index in [1.165, 1.54) is 24.3 Å². The summed E-state index contributed by atoms with van der Waals surface area (Å²) in [6.45, 7) is 3.55. The molecule has 38 heavy (non-hydrogen) atoms. The Kier molecular flexibility index (Phi) is 9.08. The topological polar surface area (TPSA) is 109 Å². The van der Waals surface area contributed by atoms with Crippen LogP contribution in [0.3, 0.4) is 0 Å². The maximum Gasteiger partial charge on any atom is 0.416 e. The molecule has 0 aliphatic carbocycles. The number of carbonyl (C=O) groups is 3. The number of hydrogen-bond donors (Lipinski definition) is 3. The highest BCUT2D eigenvalue weighted by Gasteiger charge is 2.30. The predicted molar refractivity (Wildman–Crippen MR) is 137 cm³/mol. The first kappa shape index (κ1) is 28.2. The van der Waals surface area contributed by atoms with Crippen molar-refractivity contribution < 1.29 is 32.3 Å². The second-order valence-corrected chi connectivity index (χ2v) is 8.49. The summed E-state index contributed by atoms with van der Waals surface area (Å²) >= 11 is 6.01. The van der Waals surface area contributed by atoms with Crippen LogP contribution in [0, 0.1) is 13.8 Å². The number of benzene rings is 3. The Morgan fingerprint density at radius 3 is 2.37 bits per heavy atom. The van der Waals surface area contributed by atoms with E-state index >= 15 is 0 Å². The maximum absolute atomic E-state index is 12.8. The van der Waals surface area contributed by atoms with Crippen LogP contribution in [-0.2, 0) is 20.6 Å². The smallest absolute Gasteiger partial charge is 0.416 e. The molecule has 3 amide bonds. The summed E-state index contributed by atoms with van der Waals surface area (Å²) in [5.41, 5.74) is 3.78. The van der Waals surface area contributed by atoms with Crippen LogP contribution in [0.5, 0.6) is 5.75 Å². The fourth-order valence-electron chi connectivity index (χ4n) is 3.08. The van der Waals surface area contributed by atoms with Gasteiger partial charge in [0.2, 0.25) is 0 Å². The minimum absolute atomic E-state index is 0.214. The Bertz CT molecular complexity index is 1390. The lowest BCUT2D eigenvalue weighted by Crippen LogP contribution is -2.32. The maximum atomic E-state index is 12.8. The van der Waals surface area contributed by atoms with Crippen molar-refractivity contribution >= 4 is 46.9 Å². The first-order valence-corrected chi connectivity index (χ1v) is 11.4. The fraction of sp³-hybridized carbons (Fsp3) is 0.154. The Labute approximate surface area is 220 Å². The summed E-state index contributed by atoms with van der Waals surface area (Å²) in [5.74, 6) is -2.65. The van der Waals surface area contributed by atoms with Gasteiger partial charge in [-0.05, 0) is 73.5 Å². The molecule has 0 bridgehead atoms. The van der Waals surface area contributed by atoms with Gasteiger partial charge in [0.15, 0.2) is 6.61 Å². The lowest BCUT2D eigenvalue weighted by molar-refractivity contribution is -0.137. The zero-order valence-electron chi connectivity index (χ0n) is 20.2. The zero-order valence-corrected chi connectivity index (χ0v) is 20.9. The van der Waals surface area contributed by atoms with Crippen LogP contribution in [0.15, 0.2) is 65.8 Å². The molecule has 0 saturated carbocycles. The first-order chi connectivity index (χ1) is 17.9.